The van der Waals surface area contributed by atoms with Crippen molar-refractivity contribution in [2.45, 2.75) is 13.0 Å². The van der Waals surface area contributed by atoms with Gasteiger partial charge in [0.2, 0.25) is 0 Å². The van der Waals surface area contributed by atoms with Crippen molar-refractivity contribution in [2.75, 3.05) is 0 Å². The molecule has 0 bridgehead atoms. The highest BCUT2D eigenvalue weighted by molar-refractivity contribution is 5.97. The Hall–Kier alpha value is -2.57. The minimum atomic E-state index is -0.462. The molecule has 0 saturated heterocycles. The molecule has 1 amide bonds. The Morgan fingerprint density at radius 3 is 2.83 bits per heavy atom. The summed E-state index contributed by atoms with van der Waals surface area (Å²) in [7, 11) is 0. The van der Waals surface area contributed by atoms with Gasteiger partial charge in [0, 0.05) is 6.07 Å². The van der Waals surface area contributed by atoms with Gasteiger partial charge in [-0.15, -0.1) is 0 Å². The molecule has 0 aliphatic rings. The maximum absolute atomic E-state index is 11.9. The van der Waals surface area contributed by atoms with Crippen LogP contribution in [0.2, 0.25) is 0 Å². The molecule has 0 saturated carbocycles. The number of carbonyl (C=O) groups is 1. The Labute approximate surface area is 103 Å². The number of nitrogens with zero attached hydrogens (tertiary/aromatic N) is 2. The Morgan fingerprint density at radius 2 is 2.22 bits per heavy atom. The van der Waals surface area contributed by atoms with E-state index >= 15 is 0 Å². The smallest absolute Gasteiger partial charge is 0.255 e. The molecular formula is C11H12N4O3. The van der Waals surface area contributed by atoms with Crippen LogP contribution in [0.15, 0.2) is 24.5 Å². The van der Waals surface area contributed by atoms with E-state index in [-0.39, 0.29) is 23.1 Å². The number of hydrogen-bond acceptors (Lipinski definition) is 5. The topological polar surface area (TPSA) is 111 Å². The summed E-state index contributed by atoms with van der Waals surface area (Å²) in [4.78, 5) is 15.8. The van der Waals surface area contributed by atoms with E-state index in [4.69, 9.17) is 5.11 Å². The Balaban J connectivity index is 2.12. The summed E-state index contributed by atoms with van der Waals surface area (Å²) in [6, 6.07) is 3.41. The van der Waals surface area contributed by atoms with Gasteiger partial charge in [-0.3, -0.25) is 9.89 Å². The zero-order valence-corrected chi connectivity index (χ0v) is 9.58. The number of aromatic hydroxyl groups is 2. The number of phenols is 2. The molecule has 4 N–H and O–H groups in total. The Kier molecular flexibility index (Phi) is 3.13. The molecule has 0 aliphatic heterocycles. The van der Waals surface area contributed by atoms with E-state index in [9.17, 15) is 9.90 Å². The van der Waals surface area contributed by atoms with E-state index in [0.29, 0.717) is 5.82 Å². The van der Waals surface area contributed by atoms with Gasteiger partial charge in [-0.05, 0) is 19.1 Å². The van der Waals surface area contributed by atoms with Crippen LogP contribution in [0.3, 0.4) is 0 Å². The molecule has 1 unspecified atom stereocenters. The van der Waals surface area contributed by atoms with Crippen molar-refractivity contribution in [1.82, 2.24) is 20.5 Å². The maximum Gasteiger partial charge on any atom is 0.255 e. The maximum atomic E-state index is 11.9. The number of amides is 1. The fourth-order valence-corrected chi connectivity index (χ4v) is 1.48. The fraction of sp³-hybridized carbons (Fsp3) is 0.182. The van der Waals surface area contributed by atoms with Crippen molar-refractivity contribution in [3.63, 3.8) is 0 Å². The lowest BCUT2D eigenvalue weighted by Gasteiger charge is -2.11. The summed E-state index contributed by atoms with van der Waals surface area (Å²) < 4.78 is 0. The van der Waals surface area contributed by atoms with Gasteiger partial charge in [0.15, 0.2) is 0 Å². The van der Waals surface area contributed by atoms with Gasteiger partial charge in [0.1, 0.15) is 23.7 Å². The first-order chi connectivity index (χ1) is 8.58. The van der Waals surface area contributed by atoms with Gasteiger partial charge < -0.3 is 15.5 Å². The van der Waals surface area contributed by atoms with E-state index in [1.165, 1.54) is 18.5 Å². The average molecular weight is 248 g/mol. The van der Waals surface area contributed by atoms with Crippen LogP contribution in [-0.4, -0.2) is 31.3 Å². The highest BCUT2D eigenvalue weighted by Gasteiger charge is 2.16. The first-order valence-corrected chi connectivity index (χ1v) is 5.26. The molecule has 1 aromatic carbocycles. The third kappa shape index (κ3) is 2.40. The lowest BCUT2D eigenvalue weighted by molar-refractivity contribution is 0.0935. The molecule has 7 heteroatoms. The second kappa shape index (κ2) is 4.74. The number of benzene rings is 1. The molecule has 1 atom stereocenters. The quantitative estimate of drug-likeness (QED) is 0.639. The van der Waals surface area contributed by atoms with Gasteiger partial charge in [0.05, 0.1) is 11.6 Å². The third-order valence-electron chi connectivity index (χ3n) is 2.42. The predicted octanol–water partition coefficient (Wildman–Crippen LogP) is 0.707. The molecule has 1 heterocycles. The molecular weight excluding hydrogens is 236 g/mol. The van der Waals surface area contributed by atoms with Crippen molar-refractivity contribution in [1.29, 1.82) is 0 Å². The molecule has 1 aromatic heterocycles. The lowest BCUT2D eigenvalue weighted by atomic mass is 10.1. The zero-order chi connectivity index (χ0) is 13.1. The predicted molar refractivity (Wildman–Crippen MR) is 62.0 cm³/mol. The summed E-state index contributed by atoms with van der Waals surface area (Å²) in [5, 5.41) is 27.7. The number of phenolic OH excluding ortho intramolecular Hbond substituents is 2. The minimum absolute atomic E-state index is 0.0826. The Bertz CT molecular complexity index is 553. The first-order valence-electron chi connectivity index (χ1n) is 5.26. The second-order valence-corrected chi connectivity index (χ2v) is 3.77. The number of H-pyrrole nitrogens is 1. The normalized spacial score (nSPS) is 12.1. The van der Waals surface area contributed by atoms with Gasteiger partial charge in [-0.1, -0.05) is 0 Å². The van der Waals surface area contributed by atoms with E-state index in [1.54, 1.807) is 6.92 Å². The first kappa shape index (κ1) is 11.9. The van der Waals surface area contributed by atoms with Gasteiger partial charge >= 0.3 is 0 Å². The fourth-order valence-electron chi connectivity index (χ4n) is 1.48. The van der Waals surface area contributed by atoms with Crippen LogP contribution in [0, 0.1) is 0 Å². The second-order valence-electron chi connectivity index (χ2n) is 3.77. The number of nitrogens with one attached hydrogen (secondary N) is 2. The number of aromatic nitrogens is 3. The highest BCUT2D eigenvalue weighted by Crippen LogP contribution is 2.22. The summed E-state index contributed by atoms with van der Waals surface area (Å²) in [6.07, 6.45) is 1.34. The van der Waals surface area contributed by atoms with Crippen molar-refractivity contribution < 1.29 is 15.0 Å². The van der Waals surface area contributed by atoms with Crippen LogP contribution < -0.4 is 5.32 Å². The summed E-state index contributed by atoms with van der Waals surface area (Å²) in [5.41, 5.74) is 0.0826. The van der Waals surface area contributed by atoms with Crippen molar-refractivity contribution in [3.05, 3.63) is 35.9 Å². The van der Waals surface area contributed by atoms with Crippen LogP contribution in [0.5, 0.6) is 11.5 Å². The SMILES string of the molecule is CC(NC(=O)c1ccc(O)cc1O)c1ncn[nH]1. The molecule has 2 rings (SSSR count). The van der Waals surface area contributed by atoms with Crippen LogP contribution in [0.25, 0.3) is 0 Å². The standard InChI is InChI=1S/C11H12N4O3/c1-6(10-12-5-13-15-10)14-11(18)8-3-2-7(16)4-9(8)17/h2-6,16-17H,1H3,(H,14,18)(H,12,13,15). The van der Waals surface area contributed by atoms with E-state index in [2.05, 4.69) is 20.5 Å². The van der Waals surface area contributed by atoms with Crippen LogP contribution in [0.1, 0.15) is 29.1 Å². The van der Waals surface area contributed by atoms with Crippen LogP contribution >= 0.6 is 0 Å². The largest absolute Gasteiger partial charge is 0.508 e. The van der Waals surface area contributed by atoms with Crippen molar-refractivity contribution >= 4 is 5.91 Å². The molecule has 94 valence electrons. The Morgan fingerprint density at radius 1 is 1.44 bits per heavy atom. The van der Waals surface area contributed by atoms with Crippen LogP contribution in [0.4, 0.5) is 0 Å². The lowest BCUT2D eigenvalue weighted by Crippen LogP contribution is -2.27. The van der Waals surface area contributed by atoms with E-state index in [0.717, 1.165) is 6.07 Å². The van der Waals surface area contributed by atoms with Gasteiger partial charge in [-0.2, -0.15) is 5.10 Å². The summed E-state index contributed by atoms with van der Waals surface area (Å²) in [6.45, 7) is 1.73. The molecule has 0 fully saturated rings. The molecule has 0 aliphatic carbocycles. The van der Waals surface area contributed by atoms with Gasteiger partial charge in [0.25, 0.3) is 5.91 Å². The summed E-state index contributed by atoms with van der Waals surface area (Å²) >= 11 is 0. The zero-order valence-electron chi connectivity index (χ0n) is 9.58. The monoisotopic (exact) mass is 248 g/mol. The molecule has 7 nitrogen and oxygen atoms in total. The molecule has 0 radical (unpaired) electrons. The van der Waals surface area contributed by atoms with Crippen molar-refractivity contribution in [3.8, 4) is 11.5 Å². The number of hydrogen-bond donors (Lipinski definition) is 4. The van der Waals surface area contributed by atoms with Crippen LogP contribution in [-0.2, 0) is 0 Å². The summed E-state index contributed by atoms with van der Waals surface area (Å²) in [5.74, 6) is -0.331. The van der Waals surface area contributed by atoms with E-state index < -0.39 is 5.91 Å². The number of aromatic amines is 1. The highest BCUT2D eigenvalue weighted by atomic mass is 16.3. The third-order valence-corrected chi connectivity index (χ3v) is 2.42. The molecule has 2 aromatic rings. The number of carbonyl (C=O) groups excluding carboxylic acids is 1. The average Bonchev–Trinajstić information content (AvgIpc) is 2.81. The van der Waals surface area contributed by atoms with Crippen molar-refractivity contribution in [2.24, 2.45) is 0 Å². The molecule has 18 heavy (non-hydrogen) atoms. The van der Waals surface area contributed by atoms with Gasteiger partial charge in [-0.25, -0.2) is 4.98 Å². The minimum Gasteiger partial charge on any atom is -0.508 e. The van der Waals surface area contributed by atoms with E-state index in [1.807, 2.05) is 0 Å². The number of rotatable bonds is 3. The molecule has 0 spiro atoms.